The first-order chi connectivity index (χ1) is 31.2. The molecule has 0 N–H and O–H groups in total. The molecule has 0 aliphatic carbocycles. The molecule has 0 bridgehead atoms. The molecule has 11 aromatic rings. The fraction of sp³-hybridized carbons (Fsp3) is 0. The third-order valence-corrected chi connectivity index (χ3v) is 10.9. The first kappa shape index (κ1) is 37.3. The fourth-order valence-electron chi connectivity index (χ4n) is 7.79. The summed E-state index contributed by atoms with van der Waals surface area (Å²) < 4.78 is 2.20. The van der Waals surface area contributed by atoms with E-state index in [2.05, 4.69) is 77.4 Å². The van der Waals surface area contributed by atoms with E-state index in [0.717, 1.165) is 72.6 Å². The summed E-state index contributed by atoms with van der Waals surface area (Å²) in [4.78, 5) is 35.1. The number of nitrogens with zero attached hydrogens (tertiary/aromatic N) is 8. The molecule has 0 saturated carbocycles. The van der Waals surface area contributed by atoms with Crippen molar-refractivity contribution in [1.29, 1.82) is 0 Å². The van der Waals surface area contributed by atoms with Gasteiger partial charge in [0.1, 0.15) is 5.82 Å². The van der Waals surface area contributed by atoms with Crippen LogP contribution in [0.3, 0.4) is 0 Å². The number of fused-ring (bicyclic) bond motifs is 1. The third-order valence-electron chi connectivity index (χ3n) is 10.9. The van der Waals surface area contributed by atoms with Gasteiger partial charge >= 0.3 is 0 Å². The Kier molecular flexibility index (Phi) is 9.68. The second-order valence-corrected chi connectivity index (χ2v) is 15.0. The van der Waals surface area contributed by atoms with Gasteiger partial charge < -0.3 is 0 Å². The zero-order valence-corrected chi connectivity index (χ0v) is 33.9. The van der Waals surface area contributed by atoms with Gasteiger partial charge in [-0.3, -0.25) is 4.57 Å². The summed E-state index contributed by atoms with van der Waals surface area (Å²) in [6.07, 6.45) is 0. The summed E-state index contributed by atoms with van der Waals surface area (Å²) in [6.45, 7) is 0. The lowest BCUT2D eigenvalue weighted by atomic mass is 10.0. The highest BCUT2D eigenvalue weighted by molar-refractivity contribution is 5.84. The second-order valence-electron chi connectivity index (χ2n) is 15.0. The maximum absolute atomic E-state index is 5.11. The molecule has 0 spiro atoms. The molecule has 0 atom stereocenters. The molecule has 0 aliphatic heterocycles. The summed E-state index contributed by atoms with van der Waals surface area (Å²) in [5.41, 5.74) is 11.4. The first-order valence-electron chi connectivity index (χ1n) is 20.7. The Morgan fingerprint density at radius 3 is 1.03 bits per heavy atom. The summed E-state index contributed by atoms with van der Waals surface area (Å²) >= 11 is 0. The Morgan fingerprint density at radius 1 is 0.238 bits per heavy atom. The van der Waals surface area contributed by atoms with Gasteiger partial charge in [-0.25, -0.2) is 34.9 Å². The highest BCUT2D eigenvalue weighted by atomic mass is 15.1. The lowest BCUT2D eigenvalue weighted by Crippen LogP contribution is -2.01. The number of hydrogen-bond donors (Lipinski definition) is 0. The van der Waals surface area contributed by atoms with Crippen LogP contribution in [0.4, 0.5) is 0 Å². The highest BCUT2D eigenvalue weighted by Gasteiger charge is 2.18. The number of benzene rings is 8. The molecule has 0 fully saturated rings. The van der Waals surface area contributed by atoms with Gasteiger partial charge in [0.2, 0.25) is 0 Å². The van der Waals surface area contributed by atoms with Crippen molar-refractivity contribution in [1.82, 2.24) is 39.5 Å². The lowest BCUT2D eigenvalue weighted by molar-refractivity contribution is 1.07. The minimum Gasteiger partial charge on any atom is -0.292 e. The Labute approximate surface area is 364 Å². The van der Waals surface area contributed by atoms with Crippen LogP contribution < -0.4 is 0 Å². The number of imidazole rings is 1. The predicted octanol–water partition coefficient (Wildman–Crippen LogP) is 12.7. The average molecular weight is 809 g/mol. The van der Waals surface area contributed by atoms with Gasteiger partial charge in [0.05, 0.1) is 11.0 Å². The van der Waals surface area contributed by atoms with Gasteiger partial charge in [-0.15, -0.1) is 0 Å². The van der Waals surface area contributed by atoms with E-state index in [9.17, 15) is 0 Å². The zero-order valence-electron chi connectivity index (χ0n) is 33.9. The molecule has 11 rings (SSSR count). The van der Waals surface area contributed by atoms with Crippen LogP contribution >= 0.6 is 0 Å². The molecular formula is C55H36N8. The van der Waals surface area contributed by atoms with Crippen LogP contribution in [0.2, 0.25) is 0 Å². The summed E-state index contributed by atoms with van der Waals surface area (Å²) in [7, 11) is 0. The number of para-hydroxylation sites is 3. The van der Waals surface area contributed by atoms with Crippen LogP contribution in [0.5, 0.6) is 0 Å². The Morgan fingerprint density at radius 2 is 0.571 bits per heavy atom. The molecule has 296 valence electrons. The molecule has 3 aromatic heterocycles. The molecule has 8 nitrogen and oxygen atoms in total. The SMILES string of the molecule is c1ccc(-c2nc(-c3ccccc3)nc(-c3cccc(-c4cccc(-c5nc(-c6ccccc6)nc(-c6ccc(-c7nc8ccccc8n7-c7ccccc7)cc6)n5)c4)c3)n2)cc1. The normalized spacial score (nSPS) is 11.2. The minimum atomic E-state index is 0.573. The van der Waals surface area contributed by atoms with E-state index in [1.165, 1.54) is 0 Å². The van der Waals surface area contributed by atoms with Crippen molar-refractivity contribution in [3.63, 3.8) is 0 Å². The van der Waals surface area contributed by atoms with Crippen LogP contribution in [0, 0.1) is 0 Å². The fourth-order valence-corrected chi connectivity index (χ4v) is 7.79. The van der Waals surface area contributed by atoms with Gasteiger partial charge in [0.15, 0.2) is 34.9 Å². The molecule has 0 unspecified atom stereocenters. The molecule has 0 radical (unpaired) electrons. The summed E-state index contributed by atoms with van der Waals surface area (Å²) in [5, 5.41) is 0. The lowest BCUT2D eigenvalue weighted by Gasteiger charge is -2.12. The summed E-state index contributed by atoms with van der Waals surface area (Å²) in [5.74, 6) is 4.44. The van der Waals surface area contributed by atoms with Gasteiger partial charge in [0.25, 0.3) is 0 Å². The van der Waals surface area contributed by atoms with E-state index in [-0.39, 0.29) is 0 Å². The molecule has 0 aliphatic rings. The molecule has 3 heterocycles. The molecule has 0 saturated heterocycles. The highest BCUT2D eigenvalue weighted by Crippen LogP contribution is 2.33. The van der Waals surface area contributed by atoms with E-state index in [1.54, 1.807) is 0 Å². The van der Waals surface area contributed by atoms with E-state index in [4.69, 9.17) is 34.9 Å². The largest absolute Gasteiger partial charge is 0.292 e. The van der Waals surface area contributed by atoms with Gasteiger partial charge in [0, 0.05) is 44.6 Å². The maximum atomic E-state index is 5.11. The number of aromatic nitrogens is 8. The Hall–Kier alpha value is -8.75. The average Bonchev–Trinajstić information content (AvgIpc) is 3.77. The van der Waals surface area contributed by atoms with Crippen molar-refractivity contribution in [3.05, 3.63) is 218 Å². The minimum absolute atomic E-state index is 0.573. The Balaban J connectivity index is 0.968. The maximum Gasteiger partial charge on any atom is 0.164 e. The molecular weight excluding hydrogens is 773 g/mol. The molecule has 0 amide bonds. The van der Waals surface area contributed by atoms with Gasteiger partial charge in [-0.05, 0) is 47.5 Å². The predicted molar refractivity (Wildman–Crippen MR) is 251 cm³/mol. The third kappa shape index (κ3) is 7.53. The van der Waals surface area contributed by atoms with E-state index in [0.29, 0.717) is 34.9 Å². The number of rotatable bonds is 9. The van der Waals surface area contributed by atoms with Crippen LogP contribution in [-0.2, 0) is 0 Å². The second kappa shape index (κ2) is 16.4. The van der Waals surface area contributed by atoms with E-state index < -0.39 is 0 Å². The standard InChI is InChI=1S/C55H36N8/c1-5-17-37(18-6-1)49-57-50(38-19-7-2-8-20-38)60-53(59-49)44-25-15-23-42(35-44)43-24-16-26-45(36-43)54-61-51(39-21-9-3-10-22-39)58-52(62-54)40-31-33-41(34-32-40)55-56-47-29-13-14-30-48(47)63(55)46-27-11-4-12-28-46/h1-36H. The van der Waals surface area contributed by atoms with E-state index >= 15 is 0 Å². The Bertz CT molecular complexity index is 3310. The zero-order chi connectivity index (χ0) is 42.0. The van der Waals surface area contributed by atoms with Crippen molar-refractivity contribution < 1.29 is 0 Å². The topological polar surface area (TPSA) is 95.2 Å². The van der Waals surface area contributed by atoms with Crippen molar-refractivity contribution >= 4 is 11.0 Å². The first-order valence-corrected chi connectivity index (χ1v) is 20.7. The van der Waals surface area contributed by atoms with Crippen LogP contribution in [0.1, 0.15) is 0 Å². The smallest absolute Gasteiger partial charge is 0.164 e. The van der Waals surface area contributed by atoms with Crippen LogP contribution in [-0.4, -0.2) is 39.5 Å². The van der Waals surface area contributed by atoms with E-state index in [1.807, 2.05) is 146 Å². The molecule has 63 heavy (non-hydrogen) atoms. The van der Waals surface area contributed by atoms with Crippen molar-refractivity contribution in [2.24, 2.45) is 0 Å². The molecule has 8 aromatic carbocycles. The van der Waals surface area contributed by atoms with Gasteiger partial charge in [-0.2, -0.15) is 0 Å². The van der Waals surface area contributed by atoms with Crippen molar-refractivity contribution in [2.75, 3.05) is 0 Å². The monoisotopic (exact) mass is 808 g/mol. The van der Waals surface area contributed by atoms with Crippen LogP contribution in [0.15, 0.2) is 218 Å². The van der Waals surface area contributed by atoms with Crippen LogP contribution in [0.25, 0.3) is 108 Å². The summed E-state index contributed by atoms with van der Waals surface area (Å²) in [6, 6.07) is 73.6. The molecule has 8 heteroatoms. The number of hydrogen-bond acceptors (Lipinski definition) is 7. The van der Waals surface area contributed by atoms with Gasteiger partial charge in [-0.1, -0.05) is 182 Å². The van der Waals surface area contributed by atoms with Crippen molar-refractivity contribution in [3.8, 4) is 96.5 Å². The van der Waals surface area contributed by atoms with Crippen molar-refractivity contribution in [2.45, 2.75) is 0 Å². The quantitative estimate of drug-likeness (QED) is 0.143.